The van der Waals surface area contributed by atoms with E-state index in [0.29, 0.717) is 5.46 Å². The summed E-state index contributed by atoms with van der Waals surface area (Å²) in [5.74, 6) is -0.0193. The fourth-order valence-corrected chi connectivity index (χ4v) is 0.966. The summed E-state index contributed by atoms with van der Waals surface area (Å²) in [7, 11) is 5.34. The standard InChI is InChI=1S/C7H3BF2O2/c8-4-1-2-5-6(3-4)12-7(9,10)11-5/h1-3H. The molecule has 0 fully saturated rings. The van der Waals surface area contributed by atoms with E-state index < -0.39 is 6.29 Å². The summed E-state index contributed by atoms with van der Waals surface area (Å²) in [5.41, 5.74) is 0.357. The van der Waals surface area contributed by atoms with Crippen LogP contribution < -0.4 is 14.9 Å². The Kier molecular flexibility index (Phi) is 1.31. The molecule has 12 heavy (non-hydrogen) atoms. The van der Waals surface area contributed by atoms with E-state index in [4.69, 9.17) is 7.85 Å². The van der Waals surface area contributed by atoms with Gasteiger partial charge in [0, 0.05) is 0 Å². The maximum absolute atomic E-state index is 12.4. The van der Waals surface area contributed by atoms with Gasteiger partial charge in [-0.3, -0.25) is 0 Å². The quantitative estimate of drug-likeness (QED) is 0.533. The molecule has 60 valence electrons. The van der Waals surface area contributed by atoms with Crippen molar-refractivity contribution in [2.75, 3.05) is 0 Å². The van der Waals surface area contributed by atoms with E-state index >= 15 is 0 Å². The summed E-state index contributed by atoms with van der Waals surface area (Å²) in [6.45, 7) is 0. The third-order valence-electron chi connectivity index (χ3n) is 1.43. The number of alkyl halides is 2. The maximum atomic E-state index is 12.4. The van der Waals surface area contributed by atoms with Gasteiger partial charge in [-0.05, 0) is 12.1 Å². The normalized spacial score (nSPS) is 17.8. The number of halogens is 2. The van der Waals surface area contributed by atoms with Gasteiger partial charge >= 0.3 is 6.29 Å². The molecule has 0 atom stereocenters. The summed E-state index contributed by atoms with van der Waals surface area (Å²) in [6, 6.07) is 4.09. The van der Waals surface area contributed by atoms with Gasteiger partial charge in [-0.1, -0.05) is 11.5 Å². The van der Waals surface area contributed by atoms with E-state index in [1.54, 1.807) is 0 Å². The molecule has 0 saturated carbocycles. The van der Waals surface area contributed by atoms with Gasteiger partial charge in [-0.2, -0.15) is 0 Å². The zero-order valence-electron chi connectivity index (χ0n) is 5.88. The van der Waals surface area contributed by atoms with Crippen molar-refractivity contribution >= 4 is 13.3 Å². The first-order chi connectivity index (χ1) is 5.57. The molecule has 0 unspecified atom stereocenters. The van der Waals surface area contributed by atoms with Crippen LogP contribution in [0.5, 0.6) is 11.5 Å². The molecular formula is C7H3BF2O2. The van der Waals surface area contributed by atoms with E-state index in [9.17, 15) is 8.78 Å². The van der Waals surface area contributed by atoms with Crippen molar-refractivity contribution in [1.82, 2.24) is 0 Å². The van der Waals surface area contributed by atoms with E-state index in [-0.39, 0.29) is 11.5 Å². The first-order valence-corrected chi connectivity index (χ1v) is 3.22. The van der Waals surface area contributed by atoms with Crippen LogP contribution in [0.25, 0.3) is 0 Å². The molecule has 1 aromatic rings. The monoisotopic (exact) mass is 168 g/mol. The maximum Gasteiger partial charge on any atom is 0.586 e. The lowest BCUT2D eigenvalue weighted by molar-refractivity contribution is -0.286. The van der Waals surface area contributed by atoms with Crippen molar-refractivity contribution < 1.29 is 18.3 Å². The minimum atomic E-state index is -3.56. The number of rotatable bonds is 0. The Hall–Kier alpha value is -1.26. The fourth-order valence-electron chi connectivity index (χ4n) is 0.966. The molecule has 2 nitrogen and oxygen atoms in total. The van der Waals surface area contributed by atoms with Crippen molar-refractivity contribution in [3.63, 3.8) is 0 Å². The van der Waals surface area contributed by atoms with E-state index in [1.807, 2.05) is 0 Å². The molecule has 1 aromatic carbocycles. The smallest absolute Gasteiger partial charge is 0.395 e. The fraction of sp³-hybridized carbons (Fsp3) is 0.143. The zero-order chi connectivity index (χ0) is 8.77. The number of hydrogen-bond donors (Lipinski definition) is 0. The van der Waals surface area contributed by atoms with Crippen molar-refractivity contribution in [2.45, 2.75) is 6.29 Å². The largest absolute Gasteiger partial charge is 0.586 e. The van der Waals surface area contributed by atoms with Gasteiger partial charge in [0.05, 0.1) is 0 Å². The molecule has 0 spiro atoms. The molecule has 1 aliphatic rings. The van der Waals surface area contributed by atoms with E-state index in [0.717, 1.165) is 0 Å². The van der Waals surface area contributed by atoms with Gasteiger partial charge in [0.2, 0.25) is 0 Å². The lowest BCUT2D eigenvalue weighted by Crippen LogP contribution is -2.26. The van der Waals surface area contributed by atoms with Crippen molar-refractivity contribution in [3.05, 3.63) is 18.2 Å². The summed E-state index contributed by atoms with van der Waals surface area (Å²) >= 11 is 0. The summed E-state index contributed by atoms with van der Waals surface area (Å²) in [6.07, 6.45) is -3.56. The van der Waals surface area contributed by atoms with Gasteiger partial charge in [0.15, 0.2) is 11.5 Å². The minimum Gasteiger partial charge on any atom is -0.395 e. The first kappa shape index (κ1) is 7.40. The Balaban J connectivity index is 2.43. The second-order valence-electron chi connectivity index (χ2n) is 2.37. The highest BCUT2D eigenvalue weighted by molar-refractivity contribution is 6.32. The Bertz CT molecular complexity index is 327. The number of benzene rings is 1. The van der Waals surface area contributed by atoms with Crippen LogP contribution in [0.3, 0.4) is 0 Å². The topological polar surface area (TPSA) is 18.5 Å². The van der Waals surface area contributed by atoms with E-state index in [2.05, 4.69) is 9.47 Å². The van der Waals surface area contributed by atoms with Crippen molar-refractivity contribution in [2.24, 2.45) is 0 Å². The number of fused-ring (bicyclic) bond motifs is 1. The van der Waals surface area contributed by atoms with Crippen LogP contribution >= 0.6 is 0 Å². The Labute approximate surface area is 68.5 Å². The second kappa shape index (κ2) is 2.12. The Morgan fingerprint density at radius 3 is 2.58 bits per heavy atom. The summed E-state index contributed by atoms with van der Waals surface area (Å²) in [4.78, 5) is 0. The van der Waals surface area contributed by atoms with Gasteiger partial charge in [-0.15, -0.1) is 8.78 Å². The van der Waals surface area contributed by atoms with Gasteiger partial charge in [-0.25, -0.2) is 0 Å². The van der Waals surface area contributed by atoms with Crippen LogP contribution in [0.2, 0.25) is 0 Å². The predicted molar refractivity (Wildman–Crippen MR) is 38.0 cm³/mol. The molecule has 0 bridgehead atoms. The van der Waals surface area contributed by atoms with Crippen LogP contribution in [0, 0.1) is 0 Å². The first-order valence-electron chi connectivity index (χ1n) is 3.22. The summed E-state index contributed by atoms with van der Waals surface area (Å²) < 4.78 is 33.0. The molecule has 0 aliphatic carbocycles. The molecule has 0 N–H and O–H groups in total. The molecule has 5 heteroatoms. The van der Waals surface area contributed by atoms with Crippen molar-refractivity contribution in [3.8, 4) is 11.5 Å². The van der Waals surface area contributed by atoms with Gasteiger partial charge in [0.25, 0.3) is 0 Å². The Morgan fingerprint density at radius 2 is 1.83 bits per heavy atom. The minimum absolute atomic E-state index is 0.00852. The molecule has 1 heterocycles. The summed E-state index contributed by atoms with van der Waals surface area (Å²) in [5, 5.41) is 0. The average Bonchev–Trinajstić information content (AvgIpc) is 2.21. The van der Waals surface area contributed by atoms with Crippen LogP contribution in [-0.2, 0) is 0 Å². The van der Waals surface area contributed by atoms with Crippen molar-refractivity contribution in [1.29, 1.82) is 0 Å². The van der Waals surface area contributed by atoms with E-state index in [1.165, 1.54) is 18.2 Å². The average molecular weight is 168 g/mol. The van der Waals surface area contributed by atoms with Crippen LogP contribution in [0.4, 0.5) is 8.78 Å². The highest BCUT2D eigenvalue weighted by atomic mass is 19.3. The zero-order valence-corrected chi connectivity index (χ0v) is 5.88. The molecule has 0 saturated heterocycles. The van der Waals surface area contributed by atoms with Crippen LogP contribution in [0.1, 0.15) is 0 Å². The predicted octanol–water partition coefficient (Wildman–Crippen LogP) is 0.802. The molecule has 1 aliphatic heterocycles. The number of ether oxygens (including phenoxy) is 2. The molecule has 0 aromatic heterocycles. The SMILES string of the molecule is [B]c1ccc2c(c1)OC(F)(F)O2. The third-order valence-corrected chi connectivity index (χ3v) is 1.43. The lowest BCUT2D eigenvalue weighted by Gasteiger charge is -2.04. The van der Waals surface area contributed by atoms with Gasteiger partial charge in [0.1, 0.15) is 7.85 Å². The molecule has 2 radical (unpaired) electrons. The highest BCUT2D eigenvalue weighted by Gasteiger charge is 2.43. The molecule has 2 rings (SSSR count). The highest BCUT2D eigenvalue weighted by Crippen LogP contribution is 2.39. The Morgan fingerprint density at radius 1 is 1.17 bits per heavy atom. The second-order valence-corrected chi connectivity index (χ2v) is 2.37. The third kappa shape index (κ3) is 1.11. The van der Waals surface area contributed by atoms with Gasteiger partial charge < -0.3 is 9.47 Å². The van der Waals surface area contributed by atoms with Crippen LogP contribution in [0.15, 0.2) is 18.2 Å². The number of hydrogen-bond acceptors (Lipinski definition) is 2. The lowest BCUT2D eigenvalue weighted by atomic mass is 9.96. The van der Waals surface area contributed by atoms with Crippen LogP contribution in [-0.4, -0.2) is 14.1 Å². The molecular weight excluding hydrogens is 165 g/mol. The molecule has 0 amide bonds.